The number of nitrogens with one attached hydrogen (secondary N) is 1. The largest absolute Gasteiger partial charge is 0.465 e. The molecule has 5 atom stereocenters. The zero-order valence-electron chi connectivity index (χ0n) is 28.1. The van der Waals surface area contributed by atoms with Gasteiger partial charge >= 0.3 is 5.97 Å². The Morgan fingerprint density at radius 3 is 2.30 bits per heavy atom. The van der Waals surface area contributed by atoms with E-state index in [9.17, 15) is 14.4 Å². The van der Waals surface area contributed by atoms with Gasteiger partial charge in [-0.2, -0.15) is 0 Å². The monoisotopic (exact) mass is 639 g/mol. The van der Waals surface area contributed by atoms with Gasteiger partial charge in [0.2, 0.25) is 11.8 Å². The van der Waals surface area contributed by atoms with E-state index in [0.717, 1.165) is 35.1 Å². The number of nitrogens with zero attached hydrogens (tertiary/aromatic N) is 1. The molecule has 4 rings (SSSR count). The molecule has 3 aromatic rings. The molecule has 1 saturated heterocycles. The highest BCUT2D eigenvalue weighted by atomic mass is 16.5. The van der Waals surface area contributed by atoms with Crippen LogP contribution in [0.15, 0.2) is 97.1 Å². The van der Waals surface area contributed by atoms with Gasteiger partial charge in [-0.1, -0.05) is 110 Å². The van der Waals surface area contributed by atoms with Gasteiger partial charge in [-0.25, -0.2) is 0 Å². The highest BCUT2D eigenvalue weighted by Gasteiger charge is 2.37. The highest BCUT2D eigenvalue weighted by Crippen LogP contribution is 2.29. The van der Waals surface area contributed by atoms with Crippen LogP contribution in [0.5, 0.6) is 0 Å². The first-order valence-corrected chi connectivity index (χ1v) is 16.5. The SMILES string of the molecule is Cc1cccc(C[C@](C)(/C=C/C2CCCN2C(=O)C(NC(=O)C(C)N)C(C)OCc2ccccc2)COC(=O)Cc2ccccc2)c1. The lowest BCUT2D eigenvalue weighted by Crippen LogP contribution is -2.57. The first-order chi connectivity index (χ1) is 22.5. The molecule has 0 aromatic heterocycles. The molecule has 1 aliphatic rings. The predicted molar refractivity (Wildman–Crippen MR) is 184 cm³/mol. The number of amides is 2. The van der Waals surface area contributed by atoms with Crippen LogP contribution in [0.3, 0.4) is 0 Å². The molecular weight excluding hydrogens is 590 g/mol. The number of hydrogen-bond acceptors (Lipinski definition) is 6. The van der Waals surface area contributed by atoms with Crippen molar-refractivity contribution >= 4 is 17.8 Å². The fraction of sp³-hybridized carbons (Fsp3) is 0.410. The zero-order valence-corrected chi connectivity index (χ0v) is 28.1. The molecule has 1 heterocycles. The Bertz CT molecular complexity index is 1490. The summed E-state index contributed by atoms with van der Waals surface area (Å²) in [6.45, 7) is 8.60. The molecule has 0 spiro atoms. The smallest absolute Gasteiger partial charge is 0.310 e. The topological polar surface area (TPSA) is 111 Å². The van der Waals surface area contributed by atoms with Crippen LogP contribution in [0.1, 0.15) is 55.9 Å². The van der Waals surface area contributed by atoms with Gasteiger partial charge in [0, 0.05) is 12.0 Å². The van der Waals surface area contributed by atoms with E-state index in [1.54, 1.807) is 13.8 Å². The van der Waals surface area contributed by atoms with E-state index in [1.165, 1.54) is 0 Å². The first kappa shape index (κ1) is 35.6. The van der Waals surface area contributed by atoms with Crippen molar-refractivity contribution in [1.29, 1.82) is 0 Å². The summed E-state index contributed by atoms with van der Waals surface area (Å²) in [5.74, 6) is -0.899. The molecule has 2 amide bonds. The normalized spacial score (nSPS) is 17.9. The third-order valence-electron chi connectivity index (χ3n) is 8.55. The Morgan fingerprint density at radius 1 is 0.979 bits per heavy atom. The summed E-state index contributed by atoms with van der Waals surface area (Å²) in [6.07, 6.45) is 6.03. The second-order valence-electron chi connectivity index (χ2n) is 13.0. The number of carbonyl (C=O) groups excluding carboxylic acids is 3. The third-order valence-corrected chi connectivity index (χ3v) is 8.55. The van der Waals surface area contributed by atoms with Crippen molar-refractivity contribution in [3.63, 3.8) is 0 Å². The molecule has 1 fully saturated rings. The molecule has 0 aliphatic carbocycles. The van der Waals surface area contributed by atoms with Crippen LogP contribution < -0.4 is 11.1 Å². The average Bonchev–Trinajstić information content (AvgIpc) is 3.54. The van der Waals surface area contributed by atoms with Crippen LogP contribution in [0.25, 0.3) is 0 Å². The average molecular weight is 640 g/mol. The van der Waals surface area contributed by atoms with Gasteiger partial charge < -0.3 is 25.4 Å². The van der Waals surface area contributed by atoms with E-state index in [4.69, 9.17) is 15.2 Å². The van der Waals surface area contributed by atoms with Gasteiger partial charge in [0.25, 0.3) is 0 Å². The number of aryl methyl sites for hydroxylation is 1. The summed E-state index contributed by atoms with van der Waals surface area (Å²) in [6, 6.07) is 25.7. The van der Waals surface area contributed by atoms with Gasteiger partial charge in [0.1, 0.15) is 12.6 Å². The summed E-state index contributed by atoms with van der Waals surface area (Å²) in [7, 11) is 0. The fourth-order valence-electron chi connectivity index (χ4n) is 5.86. The van der Waals surface area contributed by atoms with E-state index >= 15 is 0 Å². The number of carbonyl (C=O) groups is 3. The van der Waals surface area contributed by atoms with Crippen molar-refractivity contribution in [3.8, 4) is 0 Å². The number of ether oxygens (including phenoxy) is 2. The number of esters is 1. The summed E-state index contributed by atoms with van der Waals surface area (Å²) in [5, 5.41) is 2.85. The van der Waals surface area contributed by atoms with Gasteiger partial charge in [0.15, 0.2) is 0 Å². The molecular formula is C39H49N3O5. The number of rotatable bonds is 15. The molecule has 47 heavy (non-hydrogen) atoms. The van der Waals surface area contributed by atoms with E-state index in [1.807, 2.05) is 71.6 Å². The second kappa shape index (κ2) is 17.0. The summed E-state index contributed by atoms with van der Waals surface area (Å²) < 4.78 is 12.0. The first-order valence-electron chi connectivity index (χ1n) is 16.5. The molecule has 8 nitrogen and oxygen atoms in total. The van der Waals surface area contributed by atoms with Crippen molar-refractivity contribution in [3.05, 3.63) is 119 Å². The van der Waals surface area contributed by atoms with Crippen molar-refractivity contribution < 1.29 is 23.9 Å². The van der Waals surface area contributed by atoms with Crippen LogP contribution in [0.2, 0.25) is 0 Å². The van der Waals surface area contributed by atoms with Gasteiger partial charge in [-0.3, -0.25) is 14.4 Å². The van der Waals surface area contributed by atoms with Gasteiger partial charge in [-0.15, -0.1) is 0 Å². The lowest BCUT2D eigenvalue weighted by molar-refractivity contribution is -0.145. The van der Waals surface area contributed by atoms with E-state index in [0.29, 0.717) is 19.6 Å². The fourth-order valence-corrected chi connectivity index (χ4v) is 5.86. The third kappa shape index (κ3) is 10.9. The Hall–Kier alpha value is -4.27. The van der Waals surface area contributed by atoms with Crippen LogP contribution in [0.4, 0.5) is 0 Å². The quantitative estimate of drug-likeness (QED) is 0.172. The summed E-state index contributed by atoms with van der Waals surface area (Å²) in [5.41, 5.74) is 9.52. The standard InChI is InChI=1S/C39H49N3O5/c1-28-13-11-18-33(23-28)25-39(4,27-47-35(43)24-31-14-7-5-8-15-31)21-20-34-19-12-22-42(34)38(45)36(41-37(44)29(2)40)30(3)46-26-32-16-9-6-10-17-32/h5-11,13-18,20-21,23,29-30,34,36H,12,19,22,24-27,40H2,1-4H3,(H,41,44)/b21-20+/t29?,30?,34?,36?,39-/m0/s1. The maximum atomic E-state index is 14.1. The van der Waals surface area contributed by atoms with E-state index < -0.39 is 29.5 Å². The molecule has 3 aromatic carbocycles. The van der Waals surface area contributed by atoms with Gasteiger partial charge in [-0.05, 0) is 56.7 Å². The number of hydrogen-bond donors (Lipinski definition) is 2. The second-order valence-corrected chi connectivity index (χ2v) is 13.0. The summed E-state index contributed by atoms with van der Waals surface area (Å²) in [4.78, 5) is 41.5. The number of likely N-dealkylation sites (tertiary alicyclic amines) is 1. The minimum Gasteiger partial charge on any atom is -0.465 e. The van der Waals surface area contributed by atoms with Crippen LogP contribution in [-0.2, 0) is 43.3 Å². The summed E-state index contributed by atoms with van der Waals surface area (Å²) >= 11 is 0. The van der Waals surface area contributed by atoms with Crippen LogP contribution in [0, 0.1) is 12.3 Å². The van der Waals surface area contributed by atoms with E-state index in [2.05, 4.69) is 49.5 Å². The number of benzene rings is 3. The number of nitrogens with two attached hydrogens (primary N) is 1. The maximum absolute atomic E-state index is 14.1. The molecule has 8 heteroatoms. The lowest BCUT2D eigenvalue weighted by Gasteiger charge is -2.32. The minimum atomic E-state index is -0.899. The molecule has 1 aliphatic heterocycles. The van der Waals surface area contributed by atoms with Gasteiger partial charge in [0.05, 0.1) is 31.2 Å². The zero-order chi connectivity index (χ0) is 33.8. The van der Waals surface area contributed by atoms with Crippen molar-refractivity contribution in [2.75, 3.05) is 13.2 Å². The molecule has 250 valence electrons. The van der Waals surface area contributed by atoms with Crippen molar-refractivity contribution in [2.45, 2.75) is 84.2 Å². The van der Waals surface area contributed by atoms with Crippen LogP contribution >= 0.6 is 0 Å². The van der Waals surface area contributed by atoms with E-state index in [-0.39, 0.29) is 30.9 Å². The highest BCUT2D eigenvalue weighted by molar-refractivity contribution is 5.90. The molecule has 3 N–H and O–H groups in total. The Labute approximate surface area is 279 Å². The van der Waals surface area contributed by atoms with Crippen molar-refractivity contribution in [2.24, 2.45) is 11.1 Å². The maximum Gasteiger partial charge on any atom is 0.310 e. The van der Waals surface area contributed by atoms with Crippen molar-refractivity contribution in [1.82, 2.24) is 10.2 Å². The molecule has 4 unspecified atom stereocenters. The Kier molecular flexibility index (Phi) is 12.9. The Morgan fingerprint density at radius 2 is 1.64 bits per heavy atom. The lowest BCUT2D eigenvalue weighted by atomic mass is 9.83. The molecule has 0 bridgehead atoms. The predicted octanol–water partition coefficient (Wildman–Crippen LogP) is 5.31. The molecule has 0 saturated carbocycles. The van der Waals surface area contributed by atoms with Crippen LogP contribution in [-0.4, -0.2) is 60.1 Å². The molecule has 0 radical (unpaired) electrons. The minimum absolute atomic E-state index is 0.185. The Balaban J connectivity index is 1.51.